The molecule has 0 spiro atoms. The molecule has 2 heterocycles. The smallest absolute Gasteiger partial charge is 0.264 e. The van der Waals surface area contributed by atoms with Crippen molar-refractivity contribution < 1.29 is 9.53 Å². The minimum Gasteiger partial charge on any atom is -0.380 e. The van der Waals surface area contributed by atoms with Gasteiger partial charge in [0.15, 0.2) is 0 Å². The molecule has 6 heteroatoms. The lowest BCUT2D eigenvalue weighted by Crippen LogP contribution is -2.32. The third-order valence-corrected chi connectivity index (χ3v) is 5.61. The molecule has 2 rings (SSSR count). The van der Waals surface area contributed by atoms with Crippen LogP contribution in [0.3, 0.4) is 0 Å². The zero-order chi connectivity index (χ0) is 11.5. The van der Waals surface area contributed by atoms with Gasteiger partial charge in [0.1, 0.15) is 0 Å². The van der Waals surface area contributed by atoms with Gasteiger partial charge >= 0.3 is 0 Å². The Hall–Kier alpha value is 0.0900. The summed E-state index contributed by atoms with van der Waals surface area (Å²) in [6.45, 7) is 2.86. The van der Waals surface area contributed by atoms with Crippen molar-refractivity contribution in [2.24, 2.45) is 0 Å². The molecule has 1 aliphatic rings. The van der Waals surface area contributed by atoms with Crippen molar-refractivity contribution in [3.05, 3.63) is 19.2 Å². The van der Waals surface area contributed by atoms with Crippen LogP contribution < -0.4 is 0 Å². The van der Waals surface area contributed by atoms with Gasteiger partial charge in [0.05, 0.1) is 15.3 Å². The summed E-state index contributed by atoms with van der Waals surface area (Å²) in [7, 11) is 0. The maximum absolute atomic E-state index is 12.2. The molecule has 1 saturated heterocycles. The molecule has 1 aromatic heterocycles. The van der Waals surface area contributed by atoms with Crippen LogP contribution in [0.5, 0.6) is 0 Å². The summed E-state index contributed by atoms with van der Waals surface area (Å²) in [5.41, 5.74) is 0. The van der Waals surface area contributed by atoms with E-state index in [1.54, 1.807) is 0 Å². The van der Waals surface area contributed by atoms with Crippen molar-refractivity contribution in [3.8, 4) is 0 Å². The molecule has 3 nitrogen and oxygen atoms in total. The third kappa shape index (κ3) is 2.85. The standard InChI is InChI=1S/C10H11Br2NO2S/c11-7-6-8(16-9(7)12)10(14)13-2-1-4-15-5-3-13/h6H,1-5H2. The number of ether oxygens (including phenoxy) is 1. The van der Waals surface area contributed by atoms with Gasteiger partial charge < -0.3 is 9.64 Å². The number of nitrogens with zero attached hydrogens (tertiary/aromatic N) is 1. The van der Waals surface area contributed by atoms with Crippen LogP contribution in [-0.4, -0.2) is 37.1 Å². The van der Waals surface area contributed by atoms with Crippen LogP contribution in [0, 0.1) is 0 Å². The third-order valence-electron chi connectivity index (χ3n) is 2.37. The molecule has 0 unspecified atom stereocenters. The molecular formula is C10H11Br2NO2S. The summed E-state index contributed by atoms with van der Waals surface area (Å²) in [5, 5.41) is 0. The molecule has 0 N–H and O–H groups in total. The Labute approximate surface area is 115 Å². The van der Waals surface area contributed by atoms with Gasteiger partial charge in [-0.1, -0.05) is 0 Å². The largest absolute Gasteiger partial charge is 0.380 e. The number of amides is 1. The first-order valence-corrected chi connectivity index (χ1v) is 7.40. The minimum atomic E-state index is 0.0990. The summed E-state index contributed by atoms with van der Waals surface area (Å²) in [5.74, 6) is 0.0990. The Balaban J connectivity index is 2.11. The van der Waals surface area contributed by atoms with Crippen molar-refractivity contribution in [2.45, 2.75) is 6.42 Å². The van der Waals surface area contributed by atoms with Gasteiger partial charge in [0.25, 0.3) is 5.91 Å². The lowest BCUT2D eigenvalue weighted by Gasteiger charge is -2.18. The van der Waals surface area contributed by atoms with Gasteiger partial charge in [-0.3, -0.25) is 4.79 Å². The number of thiophene rings is 1. The fourth-order valence-electron chi connectivity index (χ4n) is 1.56. The second kappa shape index (κ2) is 5.62. The molecule has 1 aliphatic heterocycles. The highest BCUT2D eigenvalue weighted by atomic mass is 79.9. The summed E-state index contributed by atoms with van der Waals surface area (Å²) in [4.78, 5) is 14.8. The Morgan fingerprint density at radius 3 is 2.88 bits per heavy atom. The van der Waals surface area contributed by atoms with E-state index in [1.807, 2.05) is 11.0 Å². The Morgan fingerprint density at radius 2 is 2.19 bits per heavy atom. The van der Waals surface area contributed by atoms with Crippen LogP contribution in [0.2, 0.25) is 0 Å². The second-order valence-electron chi connectivity index (χ2n) is 3.49. The summed E-state index contributed by atoms with van der Waals surface area (Å²) >= 11 is 8.25. The molecule has 0 aliphatic carbocycles. The van der Waals surface area contributed by atoms with Crippen LogP contribution in [0.1, 0.15) is 16.1 Å². The maximum atomic E-state index is 12.2. The van der Waals surface area contributed by atoms with E-state index in [9.17, 15) is 4.79 Å². The van der Waals surface area contributed by atoms with Crippen LogP contribution in [0.15, 0.2) is 14.3 Å². The van der Waals surface area contributed by atoms with Crippen molar-refractivity contribution >= 4 is 49.1 Å². The highest BCUT2D eigenvalue weighted by Gasteiger charge is 2.20. The van der Waals surface area contributed by atoms with E-state index in [-0.39, 0.29) is 5.91 Å². The van der Waals surface area contributed by atoms with E-state index >= 15 is 0 Å². The Morgan fingerprint density at radius 1 is 1.38 bits per heavy atom. The molecule has 1 fully saturated rings. The zero-order valence-electron chi connectivity index (χ0n) is 8.54. The highest BCUT2D eigenvalue weighted by Crippen LogP contribution is 2.33. The quantitative estimate of drug-likeness (QED) is 0.762. The van der Waals surface area contributed by atoms with E-state index in [1.165, 1.54) is 11.3 Å². The van der Waals surface area contributed by atoms with Gasteiger partial charge in [-0.15, -0.1) is 11.3 Å². The summed E-state index contributed by atoms with van der Waals surface area (Å²) in [6, 6.07) is 1.86. The predicted molar refractivity (Wildman–Crippen MR) is 71.1 cm³/mol. The number of rotatable bonds is 1. The van der Waals surface area contributed by atoms with Gasteiger partial charge in [-0.2, -0.15) is 0 Å². The average molecular weight is 369 g/mol. The fourth-order valence-corrected chi connectivity index (χ4v) is 3.56. The van der Waals surface area contributed by atoms with Crippen molar-refractivity contribution in [1.29, 1.82) is 0 Å². The number of hydrogen-bond donors (Lipinski definition) is 0. The molecule has 0 atom stereocenters. The molecule has 88 valence electrons. The molecule has 1 amide bonds. The molecule has 16 heavy (non-hydrogen) atoms. The van der Waals surface area contributed by atoms with E-state index in [0.717, 1.165) is 32.7 Å². The van der Waals surface area contributed by atoms with Crippen molar-refractivity contribution in [1.82, 2.24) is 4.90 Å². The van der Waals surface area contributed by atoms with Gasteiger partial charge in [-0.25, -0.2) is 0 Å². The number of hydrogen-bond acceptors (Lipinski definition) is 3. The van der Waals surface area contributed by atoms with E-state index in [4.69, 9.17) is 4.74 Å². The monoisotopic (exact) mass is 367 g/mol. The maximum Gasteiger partial charge on any atom is 0.264 e. The second-order valence-corrected chi connectivity index (χ2v) is 6.71. The summed E-state index contributed by atoms with van der Waals surface area (Å²) < 4.78 is 7.23. The average Bonchev–Trinajstić information content (AvgIpc) is 2.51. The fraction of sp³-hybridized carbons (Fsp3) is 0.500. The predicted octanol–water partition coefficient (Wildman–Crippen LogP) is 3.14. The molecular weight excluding hydrogens is 358 g/mol. The summed E-state index contributed by atoms with van der Waals surface area (Å²) in [6.07, 6.45) is 0.916. The number of carbonyl (C=O) groups excluding carboxylic acids is 1. The molecule has 0 bridgehead atoms. The van der Waals surface area contributed by atoms with Gasteiger partial charge in [-0.05, 0) is 44.3 Å². The zero-order valence-corrected chi connectivity index (χ0v) is 12.5. The van der Waals surface area contributed by atoms with E-state index in [0.29, 0.717) is 13.2 Å². The number of halogens is 2. The van der Waals surface area contributed by atoms with Crippen molar-refractivity contribution in [3.63, 3.8) is 0 Å². The lowest BCUT2D eigenvalue weighted by atomic mass is 10.3. The Kier molecular flexibility index (Phi) is 4.41. The van der Waals surface area contributed by atoms with Crippen molar-refractivity contribution in [2.75, 3.05) is 26.3 Å². The molecule has 0 saturated carbocycles. The SMILES string of the molecule is O=C(c1cc(Br)c(Br)s1)N1CCCOCC1. The van der Waals surface area contributed by atoms with Crippen LogP contribution in [-0.2, 0) is 4.74 Å². The first-order chi connectivity index (χ1) is 7.68. The van der Waals surface area contributed by atoms with E-state index < -0.39 is 0 Å². The van der Waals surface area contributed by atoms with Gasteiger partial charge in [0.2, 0.25) is 0 Å². The number of carbonyl (C=O) groups is 1. The van der Waals surface area contributed by atoms with Crippen LogP contribution in [0.25, 0.3) is 0 Å². The molecule has 1 aromatic rings. The first kappa shape index (κ1) is 12.5. The highest BCUT2D eigenvalue weighted by molar-refractivity contribution is 9.13. The normalized spacial score (nSPS) is 17.2. The lowest BCUT2D eigenvalue weighted by molar-refractivity contribution is 0.0746. The first-order valence-electron chi connectivity index (χ1n) is 5.00. The molecule has 0 radical (unpaired) electrons. The minimum absolute atomic E-state index is 0.0990. The van der Waals surface area contributed by atoms with Gasteiger partial charge in [0, 0.05) is 24.2 Å². The molecule has 0 aromatic carbocycles. The van der Waals surface area contributed by atoms with Crippen LogP contribution >= 0.6 is 43.2 Å². The topological polar surface area (TPSA) is 29.5 Å². The van der Waals surface area contributed by atoms with E-state index in [2.05, 4.69) is 31.9 Å². The Bertz CT molecular complexity index is 367. The van der Waals surface area contributed by atoms with Crippen LogP contribution in [0.4, 0.5) is 0 Å².